The van der Waals surface area contributed by atoms with Gasteiger partial charge in [0.05, 0.1) is 19.9 Å². The molecule has 1 heterocycles. The zero-order valence-corrected chi connectivity index (χ0v) is 14.7. The number of rotatable bonds is 8. The fraction of sp³-hybridized carbons (Fsp3) is 0.444. The van der Waals surface area contributed by atoms with E-state index in [1.165, 1.54) is 11.1 Å². The summed E-state index contributed by atoms with van der Waals surface area (Å²) in [4.78, 5) is 4.63. The largest absolute Gasteiger partial charge is 0.496 e. The Morgan fingerprint density at radius 3 is 2.83 bits per heavy atom. The number of ether oxygens (including phenoxy) is 1. The highest BCUT2D eigenvalue weighted by Gasteiger charge is 2.02. The fourth-order valence-electron chi connectivity index (χ4n) is 2.42. The zero-order valence-electron chi connectivity index (χ0n) is 14.7. The van der Waals surface area contributed by atoms with E-state index in [0.717, 1.165) is 37.8 Å². The van der Waals surface area contributed by atoms with Crippen LogP contribution >= 0.6 is 0 Å². The molecule has 0 aliphatic carbocycles. The molecular weight excluding hydrogens is 302 g/mol. The molecule has 0 atom stereocenters. The highest BCUT2D eigenvalue weighted by atomic mass is 16.5. The molecule has 1 aromatic carbocycles. The van der Waals surface area contributed by atoms with Crippen molar-refractivity contribution in [2.75, 3.05) is 26.7 Å². The molecule has 130 valence electrons. The first-order valence-electron chi connectivity index (χ1n) is 8.36. The van der Waals surface area contributed by atoms with E-state index >= 15 is 0 Å². The number of guanidine groups is 1. The van der Waals surface area contributed by atoms with Crippen molar-refractivity contribution in [3.8, 4) is 5.75 Å². The van der Waals surface area contributed by atoms with Crippen LogP contribution in [0.2, 0.25) is 0 Å². The van der Waals surface area contributed by atoms with Gasteiger partial charge >= 0.3 is 0 Å². The standard InChI is InChI=1S/C18H27N5O/c1-4-19-18(21-11-12-23-14-15(2)13-22-23)20-10-9-16-7-5-6-8-17(16)24-3/h5-8,13-14H,4,9-12H2,1-3H3,(H2,19,20,21). The molecule has 0 aliphatic rings. The van der Waals surface area contributed by atoms with Gasteiger partial charge in [0.25, 0.3) is 0 Å². The van der Waals surface area contributed by atoms with Crippen LogP contribution in [0.1, 0.15) is 18.1 Å². The number of benzene rings is 1. The van der Waals surface area contributed by atoms with Crippen LogP contribution in [0.25, 0.3) is 0 Å². The number of nitrogens with one attached hydrogen (secondary N) is 2. The molecule has 0 amide bonds. The smallest absolute Gasteiger partial charge is 0.191 e. The molecule has 1 aromatic heterocycles. The maximum absolute atomic E-state index is 5.38. The third-order valence-corrected chi connectivity index (χ3v) is 3.58. The second kappa shape index (κ2) is 9.60. The Balaban J connectivity index is 1.83. The fourth-order valence-corrected chi connectivity index (χ4v) is 2.42. The van der Waals surface area contributed by atoms with Crippen LogP contribution in [0.15, 0.2) is 41.7 Å². The second-order valence-corrected chi connectivity index (χ2v) is 5.53. The van der Waals surface area contributed by atoms with Crippen molar-refractivity contribution in [2.45, 2.75) is 26.8 Å². The van der Waals surface area contributed by atoms with Crippen LogP contribution in [0, 0.1) is 6.92 Å². The first-order chi connectivity index (χ1) is 11.7. The van der Waals surface area contributed by atoms with Crippen molar-refractivity contribution in [1.29, 1.82) is 0 Å². The number of nitrogens with zero attached hydrogens (tertiary/aromatic N) is 3. The molecule has 0 spiro atoms. The maximum atomic E-state index is 5.38. The Kier molecular flexibility index (Phi) is 7.14. The van der Waals surface area contributed by atoms with E-state index in [1.807, 2.05) is 42.2 Å². The minimum Gasteiger partial charge on any atom is -0.496 e. The summed E-state index contributed by atoms with van der Waals surface area (Å²) in [6.45, 7) is 7.24. The normalized spacial score (nSPS) is 11.4. The van der Waals surface area contributed by atoms with Gasteiger partial charge in [-0.25, -0.2) is 0 Å². The molecule has 0 bridgehead atoms. The summed E-state index contributed by atoms with van der Waals surface area (Å²) in [6, 6.07) is 8.06. The molecular formula is C18H27N5O. The average Bonchev–Trinajstić information content (AvgIpc) is 3.00. The molecule has 0 saturated heterocycles. The molecule has 6 heteroatoms. The van der Waals surface area contributed by atoms with Crippen LogP contribution in [0.3, 0.4) is 0 Å². The van der Waals surface area contributed by atoms with Gasteiger partial charge in [0.15, 0.2) is 5.96 Å². The summed E-state index contributed by atoms with van der Waals surface area (Å²) < 4.78 is 7.31. The first kappa shape index (κ1) is 17.8. The lowest BCUT2D eigenvalue weighted by Crippen LogP contribution is -2.39. The minimum atomic E-state index is 0.705. The molecule has 0 aliphatic heterocycles. The lowest BCUT2D eigenvalue weighted by molar-refractivity contribution is 0.410. The van der Waals surface area contributed by atoms with Crippen molar-refractivity contribution < 1.29 is 4.74 Å². The predicted octanol–water partition coefficient (Wildman–Crippen LogP) is 2.00. The van der Waals surface area contributed by atoms with Crippen molar-refractivity contribution in [2.24, 2.45) is 4.99 Å². The molecule has 0 fully saturated rings. The summed E-state index contributed by atoms with van der Waals surface area (Å²) in [5.74, 6) is 1.75. The van der Waals surface area contributed by atoms with Crippen LogP contribution in [-0.4, -0.2) is 42.5 Å². The Hall–Kier alpha value is -2.50. The third kappa shape index (κ3) is 5.61. The Labute approximate surface area is 143 Å². The molecule has 24 heavy (non-hydrogen) atoms. The average molecular weight is 329 g/mol. The van der Waals surface area contributed by atoms with Gasteiger partial charge in [-0.05, 0) is 37.5 Å². The highest BCUT2D eigenvalue weighted by molar-refractivity contribution is 5.79. The van der Waals surface area contributed by atoms with Crippen molar-refractivity contribution >= 4 is 5.96 Å². The second-order valence-electron chi connectivity index (χ2n) is 5.53. The van der Waals surface area contributed by atoms with Gasteiger partial charge in [-0.1, -0.05) is 18.2 Å². The SMILES string of the molecule is CCNC(=NCCc1ccccc1OC)NCCn1cc(C)cn1. The Morgan fingerprint density at radius 2 is 2.12 bits per heavy atom. The lowest BCUT2D eigenvalue weighted by Gasteiger charge is -2.12. The summed E-state index contributed by atoms with van der Waals surface area (Å²) in [6.07, 6.45) is 4.75. The summed E-state index contributed by atoms with van der Waals surface area (Å²) >= 11 is 0. The minimum absolute atomic E-state index is 0.705. The van der Waals surface area contributed by atoms with Crippen LogP contribution in [-0.2, 0) is 13.0 Å². The van der Waals surface area contributed by atoms with Crippen molar-refractivity contribution in [3.63, 3.8) is 0 Å². The van der Waals surface area contributed by atoms with E-state index in [4.69, 9.17) is 4.74 Å². The van der Waals surface area contributed by atoms with Gasteiger partial charge in [-0.15, -0.1) is 0 Å². The van der Waals surface area contributed by atoms with Crippen LogP contribution in [0.4, 0.5) is 0 Å². The highest BCUT2D eigenvalue weighted by Crippen LogP contribution is 2.17. The number of aryl methyl sites for hydroxylation is 1. The number of hydrogen-bond acceptors (Lipinski definition) is 3. The van der Waals surface area contributed by atoms with Crippen molar-refractivity contribution in [3.05, 3.63) is 47.8 Å². The Bertz CT molecular complexity index is 650. The monoisotopic (exact) mass is 329 g/mol. The van der Waals surface area contributed by atoms with Gasteiger partial charge < -0.3 is 15.4 Å². The summed E-state index contributed by atoms with van der Waals surface area (Å²) in [7, 11) is 1.70. The van der Waals surface area contributed by atoms with Crippen molar-refractivity contribution in [1.82, 2.24) is 20.4 Å². The predicted molar refractivity (Wildman–Crippen MR) is 97.6 cm³/mol. The lowest BCUT2D eigenvalue weighted by atomic mass is 10.1. The van der Waals surface area contributed by atoms with Gasteiger partial charge in [0.1, 0.15) is 5.75 Å². The maximum Gasteiger partial charge on any atom is 0.191 e. The molecule has 0 unspecified atom stereocenters. The van der Waals surface area contributed by atoms with E-state index in [2.05, 4.69) is 33.7 Å². The summed E-state index contributed by atoms with van der Waals surface area (Å²) in [5, 5.41) is 10.9. The number of aliphatic imine (C=N–C) groups is 1. The first-order valence-corrected chi connectivity index (χ1v) is 8.36. The topological polar surface area (TPSA) is 63.5 Å². The summed E-state index contributed by atoms with van der Waals surface area (Å²) in [5.41, 5.74) is 2.35. The third-order valence-electron chi connectivity index (χ3n) is 3.58. The van der Waals surface area contributed by atoms with E-state index in [9.17, 15) is 0 Å². The van der Waals surface area contributed by atoms with E-state index < -0.39 is 0 Å². The molecule has 2 aromatic rings. The van der Waals surface area contributed by atoms with E-state index in [-0.39, 0.29) is 0 Å². The number of hydrogen-bond donors (Lipinski definition) is 2. The van der Waals surface area contributed by atoms with Gasteiger partial charge in [-0.3, -0.25) is 9.67 Å². The Morgan fingerprint density at radius 1 is 1.29 bits per heavy atom. The number of para-hydroxylation sites is 1. The van der Waals surface area contributed by atoms with E-state index in [0.29, 0.717) is 6.54 Å². The molecule has 0 radical (unpaired) electrons. The number of methoxy groups -OCH3 is 1. The van der Waals surface area contributed by atoms with Gasteiger partial charge in [-0.2, -0.15) is 5.10 Å². The molecule has 2 N–H and O–H groups in total. The van der Waals surface area contributed by atoms with Crippen LogP contribution < -0.4 is 15.4 Å². The number of aromatic nitrogens is 2. The molecule has 0 saturated carbocycles. The quantitative estimate of drug-likeness (QED) is 0.574. The molecule has 6 nitrogen and oxygen atoms in total. The van der Waals surface area contributed by atoms with Crippen LogP contribution in [0.5, 0.6) is 5.75 Å². The van der Waals surface area contributed by atoms with Gasteiger partial charge in [0, 0.05) is 25.8 Å². The zero-order chi connectivity index (χ0) is 17.2. The molecule has 2 rings (SSSR count). The van der Waals surface area contributed by atoms with E-state index in [1.54, 1.807) is 7.11 Å². The van der Waals surface area contributed by atoms with Gasteiger partial charge in [0.2, 0.25) is 0 Å².